The van der Waals surface area contributed by atoms with Crippen LogP contribution in [-0.2, 0) is 9.47 Å². The Balaban J connectivity index is 1.46. The molecule has 0 unspecified atom stereocenters. The highest BCUT2D eigenvalue weighted by atomic mass is 32.1. The molecule has 0 aliphatic carbocycles. The first-order chi connectivity index (χ1) is 14.7. The zero-order chi connectivity index (χ0) is 20.6. The van der Waals surface area contributed by atoms with Gasteiger partial charge in [-0.15, -0.1) is 11.3 Å². The Morgan fingerprint density at radius 3 is 2.50 bits per heavy atom. The summed E-state index contributed by atoms with van der Waals surface area (Å²) in [5.74, 6) is 0.221. The number of carbonyl (C=O) groups excluding carboxylic acids is 1. The fraction of sp³-hybridized carbons (Fsp3) is 0.364. The number of aromatic nitrogens is 2. The van der Waals surface area contributed by atoms with E-state index in [1.54, 1.807) is 23.1 Å². The van der Waals surface area contributed by atoms with Crippen molar-refractivity contribution in [3.63, 3.8) is 0 Å². The molecule has 0 radical (unpaired) electrons. The molecule has 0 saturated carbocycles. The molecule has 2 aliphatic heterocycles. The van der Waals surface area contributed by atoms with Crippen molar-refractivity contribution >= 4 is 17.2 Å². The second-order valence-corrected chi connectivity index (χ2v) is 8.35. The molecule has 1 amide bonds. The number of hydrogen-bond acceptors (Lipinski definition) is 6. The van der Waals surface area contributed by atoms with Gasteiger partial charge in [-0.05, 0) is 41.8 Å². The molecular weight excluding hydrogens is 402 g/mol. The first-order valence-electron chi connectivity index (χ1n) is 10.0. The quantitative estimate of drug-likeness (QED) is 0.639. The maximum Gasteiger partial charge on any atom is 0.272 e. The lowest BCUT2D eigenvalue weighted by atomic mass is 10.0. The van der Waals surface area contributed by atoms with Crippen molar-refractivity contribution < 1.29 is 19.0 Å². The number of methoxy groups -OCH3 is 1. The van der Waals surface area contributed by atoms with Crippen molar-refractivity contribution in [1.82, 2.24) is 14.7 Å². The van der Waals surface area contributed by atoms with Gasteiger partial charge in [-0.2, -0.15) is 5.10 Å². The molecule has 2 aromatic heterocycles. The first-order valence-corrected chi connectivity index (χ1v) is 10.9. The fourth-order valence-corrected chi connectivity index (χ4v) is 4.68. The third kappa shape index (κ3) is 3.51. The van der Waals surface area contributed by atoms with Crippen molar-refractivity contribution in [2.24, 2.45) is 0 Å². The van der Waals surface area contributed by atoms with E-state index in [9.17, 15) is 4.79 Å². The number of carbonyl (C=O) groups is 1. The number of rotatable bonds is 4. The van der Waals surface area contributed by atoms with Crippen LogP contribution in [0.2, 0.25) is 0 Å². The predicted molar refractivity (Wildman–Crippen MR) is 113 cm³/mol. The zero-order valence-corrected chi connectivity index (χ0v) is 17.6. The highest BCUT2D eigenvalue weighted by Gasteiger charge is 2.41. The largest absolute Gasteiger partial charge is 0.497 e. The molecule has 2 aliphatic rings. The predicted octanol–water partition coefficient (Wildman–Crippen LogP) is 3.59. The van der Waals surface area contributed by atoms with Gasteiger partial charge >= 0.3 is 0 Å². The van der Waals surface area contributed by atoms with Gasteiger partial charge in [0.15, 0.2) is 5.79 Å². The first kappa shape index (κ1) is 19.3. The van der Waals surface area contributed by atoms with Crippen molar-refractivity contribution in [3.8, 4) is 22.0 Å². The Morgan fingerprint density at radius 2 is 1.87 bits per heavy atom. The molecule has 0 atom stereocenters. The van der Waals surface area contributed by atoms with Crippen LogP contribution in [0.15, 0.2) is 47.8 Å². The molecular formula is C22H23N3O4S. The van der Waals surface area contributed by atoms with Crippen LogP contribution in [0, 0.1) is 0 Å². The smallest absolute Gasteiger partial charge is 0.272 e. The highest BCUT2D eigenvalue weighted by molar-refractivity contribution is 7.13. The van der Waals surface area contributed by atoms with Crippen LogP contribution in [0.1, 0.15) is 23.3 Å². The molecule has 1 aromatic carbocycles. The summed E-state index contributed by atoms with van der Waals surface area (Å²) in [5.41, 5.74) is 2.16. The number of thiophene rings is 1. The van der Waals surface area contributed by atoms with Gasteiger partial charge in [-0.1, -0.05) is 6.07 Å². The van der Waals surface area contributed by atoms with Gasteiger partial charge in [0.25, 0.3) is 5.91 Å². The molecule has 2 fully saturated rings. The van der Waals surface area contributed by atoms with Gasteiger partial charge in [0.2, 0.25) is 0 Å². The maximum atomic E-state index is 13.5. The average molecular weight is 426 g/mol. The molecule has 156 valence electrons. The van der Waals surface area contributed by atoms with Crippen LogP contribution in [0.3, 0.4) is 0 Å². The second kappa shape index (κ2) is 7.86. The van der Waals surface area contributed by atoms with E-state index in [0.29, 0.717) is 44.8 Å². The summed E-state index contributed by atoms with van der Waals surface area (Å²) in [7, 11) is 1.63. The number of amides is 1. The van der Waals surface area contributed by atoms with Gasteiger partial charge in [0.05, 0.1) is 30.9 Å². The molecule has 7 nitrogen and oxygen atoms in total. The van der Waals surface area contributed by atoms with Crippen LogP contribution in [0.25, 0.3) is 16.3 Å². The summed E-state index contributed by atoms with van der Waals surface area (Å²) in [6, 6.07) is 13.4. The number of ether oxygens (including phenoxy) is 3. The van der Waals surface area contributed by atoms with Crippen molar-refractivity contribution in [3.05, 3.63) is 53.5 Å². The van der Waals surface area contributed by atoms with Gasteiger partial charge in [0, 0.05) is 25.9 Å². The molecule has 3 aromatic rings. The summed E-state index contributed by atoms with van der Waals surface area (Å²) in [4.78, 5) is 16.4. The average Bonchev–Trinajstić information content (AvgIpc) is 3.55. The minimum atomic E-state index is -0.505. The van der Waals surface area contributed by atoms with Crippen molar-refractivity contribution in [1.29, 1.82) is 0 Å². The number of nitrogens with zero attached hydrogens (tertiary/aromatic N) is 3. The SMILES string of the molecule is COc1ccc(-n2nc(-c3cccs3)cc2C(=O)N2CCC3(CC2)OCCO3)cc1. The topological polar surface area (TPSA) is 65.8 Å². The summed E-state index contributed by atoms with van der Waals surface area (Å²) < 4.78 is 18.6. The van der Waals surface area contributed by atoms with E-state index in [2.05, 4.69) is 0 Å². The maximum absolute atomic E-state index is 13.5. The highest BCUT2D eigenvalue weighted by Crippen LogP contribution is 2.33. The van der Waals surface area contributed by atoms with Gasteiger partial charge in [0.1, 0.15) is 17.1 Å². The lowest BCUT2D eigenvalue weighted by molar-refractivity contribution is -0.181. The van der Waals surface area contributed by atoms with Crippen LogP contribution in [-0.4, -0.2) is 59.8 Å². The molecule has 4 heterocycles. The lowest BCUT2D eigenvalue weighted by Gasteiger charge is -2.37. The summed E-state index contributed by atoms with van der Waals surface area (Å²) >= 11 is 1.61. The molecule has 0 N–H and O–H groups in total. The molecule has 2 saturated heterocycles. The van der Waals surface area contributed by atoms with E-state index in [4.69, 9.17) is 19.3 Å². The summed E-state index contributed by atoms with van der Waals surface area (Å²) in [5, 5.41) is 6.76. The van der Waals surface area contributed by atoms with Crippen LogP contribution in [0.5, 0.6) is 5.75 Å². The zero-order valence-electron chi connectivity index (χ0n) is 16.7. The Labute approximate surface area is 178 Å². The van der Waals surface area contributed by atoms with E-state index in [0.717, 1.165) is 22.0 Å². The minimum absolute atomic E-state index is 0.0334. The van der Waals surface area contributed by atoms with E-state index in [1.165, 1.54) is 0 Å². The number of piperidine rings is 1. The van der Waals surface area contributed by atoms with Crippen LogP contribution in [0.4, 0.5) is 0 Å². The lowest BCUT2D eigenvalue weighted by Crippen LogP contribution is -2.47. The molecule has 8 heteroatoms. The second-order valence-electron chi connectivity index (χ2n) is 7.40. The normalized spacial score (nSPS) is 18.1. The third-order valence-electron chi connectivity index (χ3n) is 5.65. The van der Waals surface area contributed by atoms with Crippen LogP contribution < -0.4 is 4.74 Å². The minimum Gasteiger partial charge on any atom is -0.497 e. The van der Waals surface area contributed by atoms with E-state index in [-0.39, 0.29) is 5.91 Å². The third-order valence-corrected chi connectivity index (χ3v) is 6.54. The van der Waals surface area contributed by atoms with E-state index < -0.39 is 5.79 Å². The fourth-order valence-electron chi connectivity index (χ4n) is 4.00. The van der Waals surface area contributed by atoms with E-state index in [1.807, 2.05) is 52.7 Å². The molecule has 30 heavy (non-hydrogen) atoms. The van der Waals surface area contributed by atoms with E-state index >= 15 is 0 Å². The van der Waals surface area contributed by atoms with Crippen molar-refractivity contribution in [2.45, 2.75) is 18.6 Å². The van der Waals surface area contributed by atoms with Gasteiger partial charge in [-0.25, -0.2) is 4.68 Å². The van der Waals surface area contributed by atoms with Gasteiger partial charge in [-0.3, -0.25) is 4.79 Å². The summed E-state index contributed by atoms with van der Waals surface area (Å²) in [6.45, 7) is 2.45. The number of hydrogen-bond donors (Lipinski definition) is 0. The number of benzene rings is 1. The molecule has 1 spiro atoms. The van der Waals surface area contributed by atoms with Gasteiger partial charge < -0.3 is 19.1 Å². The standard InChI is InChI=1S/C22H23N3O4S/c1-27-17-6-4-16(5-7-17)25-19(15-18(23-25)20-3-2-14-30-20)21(26)24-10-8-22(9-11-24)28-12-13-29-22/h2-7,14-15H,8-13H2,1H3. The van der Waals surface area contributed by atoms with Crippen molar-refractivity contribution in [2.75, 3.05) is 33.4 Å². The number of likely N-dealkylation sites (tertiary alicyclic amines) is 1. The Kier molecular flexibility index (Phi) is 5.06. The van der Waals surface area contributed by atoms with Crippen LogP contribution >= 0.6 is 11.3 Å². The Hall–Kier alpha value is -2.68. The Morgan fingerprint density at radius 1 is 1.13 bits per heavy atom. The molecule has 5 rings (SSSR count). The monoisotopic (exact) mass is 425 g/mol. The Bertz CT molecular complexity index is 1010. The summed E-state index contributed by atoms with van der Waals surface area (Å²) in [6.07, 6.45) is 1.38. The molecule has 0 bridgehead atoms.